The number of fused-ring (bicyclic) bond motifs is 1. The summed E-state index contributed by atoms with van der Waals surface area (Å²) in [5.74, 6) is 0.932. The number of carbonyl (C=O) groups excluding carboxylic acids is 1. The zero-order valence-corrected chi connectivity index (χ0v) is 17.7. The van der Waals surface area contributed by atoms with Crippen molar-refractivity contribution in [3.05, 3.63) is 77.2 Å². The summed E-state index contributed by atoms with van der Waals surface area (Å²) in [6, 6.07) is 14.3. The lowest BCUT2D eigenvalue weighted by Gasteiger charge is -2.07. The van der Waals surface area contributed by atoms with Crippen LogP contribution < -0.4 is 5.32 Å². The predicted octanol–water partition coefficient (Wildman–Crippen LogP) is 4.24. The Bertz CT molecular complexity index is 1160. The number of nitrogens with one attached hydrogen (secondary N) is 1. The van der Waals surface area contributed by atoms with E-state index < -0.39 is 0 Å². The van der Waals surface area contributed by atoms with Crippen molar-refractivity contribution in [3.8, 4) is 5.82 Å². The van der Waals surface area contributed by atoms with Crippen molar-refractivity contribution in [2.24, 2.45) is 0 Å². The molecule has 1 amide bonds. The van der Waals surface area contributed by atoms with Crippen LogP contribution in [0.1, 0.15) is 35.2 Å². The molecule has 0 aliphatic heterocycles. The molecule has 3 aromatic heterocycles. The number of pyridine rings is 1. The van der Waals surface area contributed by atoms with E-state index in [0.717, 1.165) is 33.7 Å². The van der Waals surface area contributed by atoms with Gasteiger partial charge in [-0.25, -0.2) is 9.67 Å². The van der Waals surface area contributed by atoms with Crippen molar-refractivity contribution in [2.45, 2.75) is 46.7 Å². The highest BCUT2D eigenvalue weighted by molar-refractivity contribution is 5.87. The van der Waals surface area contributed by atoms with Gasteiger partial charge in [0, 0.05) is 37.6 Å². The molecule has 0 fully saturated rings. The molecular formula is C24H27N5O. The molecule has 0 unspecified atom stereocenters. The van der Waals surface area contributed by atoms with Gasteiger partial charge in [0.2, 0.25) is 5.91 Å². The monoisotopic (exact) mass is 401 g/mol. The number of rotatable bonds is 7. The van der Waals surface area contributed by atoms with Gasteiger partial charge in [0.1, 0.15) is 0 Å². The van der Waals surface area contributed by atoms with Gasteiger partial charge in [-0.05, 0) is 56.5 Å². The van der Waals surface area contributed by atoms with Gasteiger partial charge in [0.15, 0.2) is 11.5 Å². The molecule has 0 radical (unpaired) electrons. The highest BCUT2D eigenvalue weighted by Gasteiger charge is 2.16. The number of hydrogen-bond acceptors (Lipinski definition) is 3. The van der Waals surface area contributed by atoms with E-state index in [0.29, 0.717) is 25.9 Å². The van der Waals surface area contributed by atoms with Crippen molar-refractivity contribution in [2.75, 3.05) is 0 Å². The maximum Gasteiger partial charge on any atom is 0.220 e. The second-order valence-corrected chi connectivity index (χ2v) is 7.78. The average Bonchev–Trinajstić information content (AvgIpc) is 3.36. The first kappa shape index (κ1) is 19.9. The molecular weight excluding hydrogens is 374 g/mol. The van der Waals surface area contributed by atoms with Gasteiger partial charge in [-0.15, -0.1) is 0 Å². The topological polar surface area (TPSA) is 64.7 Å². The Kier molecular flexibility index (Phi) is 5.65. The summed E-state index contributed by atoms with van der Waals surface area (Å²) in [7, 11) is 0. The Morgan fingerprint density at radius 3 is 2.53 bits per heavy atom. The number of carbonyl (C=O) groups is 1. The molecule has 30 heavy (non-hydrogen) atoms. The number of hydrogen-bond donors (Lipinski definition) is 1. The van der Waals surface area contributed by atoms with Crippen molar-refractivity contribution < 1.29 is 4.79 Å². The van der Waals surface area contributed by atoms with Crippen LogP contribution in [-0.4, -0.2) is 25.2 Å². The zero-order valence-electron chi connectivity index (χ0n) is 17.7. The van der Waals surface area contributed by atoms with Gasteiger partial charge in [-0.3, -0.25) is 4.79 Å². The molecule has 6 heteroatoms. The average molecular weight is 402 g/mol. The third kappa shape index (κ3) is 4.27. The largest absolute Gasteiger partial charge is 0.352 e. The predicted molar refractivity (Wildman–Crippen MR) is 119 cm³/mol. The minimum absolute atomic E-state index is 0.0537. The van der Waals surface area contributed by atoms with Gasteiger partial charge in [-0.2, -0.15) is 5.10 Å². The summed E-state index contributed by atoms with van der Waals surface area (Å²) < 4.78 is 3.94. The summed E-state index contributed by atoms with van der Waals surface area (Å²) in [5.41, 5.74) is 5.32. The molecule has 0 aliphatic rings. The highest BCUT2D eigenvalue weighted by atomic mass is 16.1. The van der Waals surface area contributed by atoms with E-state index in [-0.39, 0.29) is 5.91 Å². The minimum Gasteiger partial charge on any atom is -0.352 e. The first-order chi connectivity index (χ1) is 14.5. The molecule has 0 atom stereocenters. The highest BCUT2D eigenvalue weighted by Crippen LogP contribution is 2.25. The number of amides is 1. The molecule has 154 valence electrons. The Morgan fingerprint density at radius 1 is 1.07 bits per heavy atom. The number of aromatic nitrogens is 4. The van der Waals surface area contributed by atoms with Crippen LogP contribution in [0.2, 0.25) is 0 Å². The van der Waals surface area contributed by atoms with E-state index in [2.05, 4.69) is 37.4 Å². The van der Waals surface area contributed by atoms with E-state index in [1.807, 2.05) is 52.8 Å². The Morgan fingerprint density at radius 2 is 1.80 bits per heavy atom. The number of aryl methyl sites for hydroxylation is 4. The maximum absolute atomic E-state index is 12.3. The molecule has 1 N–H and O–H groups in total. The zero-order chi connectivity index (χ0) is 21.1. The maximum atomic E-state index is 12.3. The van der Waals surface area contributed by atoms with Gasteiger partial charge in [0.05, 0.1) is 5.39 Å². The fourth-order valence-electron chi connectivity index (χ4n) is 3.69. The van der Waals surface area contributed by atoms with Gasteiger partial charge >= 0.3 is 0 Å². The van der Waals surface area contributed by atoms with Gasteiger partial charge in [-0.1, -0.05) is 29.8 Å². The summed E-state index contributed by atoms with van der Waals surface area (Å²) in [6.45, 7) is 7.35. The van der Waals surface area contributed by atoms with Crippen LogP contribution in [0.4, 0.5) is 0 Å². The fourth-order valence-corrected chi connectivity index (χ4v) is 3.69. The van der Waals surface area contributed by atoms with Crippen LogP contribution >= 0.6 is 0 Å². The fraction of sp³-hybridized carbons (Fsp3) is 0.292. The smallest absolute Gasteiger partial charge is 0.220 e. The molecule has 4 rings (SSSR count). The van der Waals surface area contributed by atoms with Crippen molar-refractivity contribution in [1.29, 1.82) is 0 Å². The van der Waals surface area contributed by atoms with Gasteiger partial charge < -0.3 is 9.88 Å². The first-order valence-electron chi connectivity index (χ1n) is 10.3. The van der Waals surface area contributed by atoms with E-state index in [4.69, 9.17) is 10.1 Å². The minimum atomic E-state index is 0.0537. The molecule has 0 bridgehead atoms. The van der Waals surface area contributed by atoms with E-state index >= 15 is 0 Å². The van der Waals surface area contributed by atoms with E-state index in [1.54, 1.807) is 0 Å². The quantitative estimate of drug-likeness (QED) is 0.504. The molecule has 0 spiro atoms. The second kappa shape index (κ2) is 8.53. The third-order valence-electron chi connectivity index (χ3n) is 5.24. The molecule has 6 nitrogen and oxygen atoms in total. The second-order valence-electron chi connectivity index (χ2n) is 7.78. The van der Waals surface area contributed by atoms with E-state index in [1.165, 1.54) is 5.56 Å². The lowest BCUT2D eigenvalue weighted by Crippen LogP contribution is -2.22. The number of benzene rings is 1. The number of nitrogens with zero attached hydrogens (tertiary/aromatic N) is 4. The molecule has 0 aliphatic carbocycles. The molecule has 4 aromatic rings. The van der Waals surface area contributed by atoms with Crippen LogP contribution in [-0.2, 0) is 17.9 Å². The van der Waals surface area contributed by atoms with Gasteiger partial charge in [0.25, 0.3) is 0 Å². The summed E-state index contributed by atoms with van der Waals surface area (Å²) >= 11 is 0. The lowest BCUT2D eigenvalue weighted by atomic mass is 10.1. The molecule has 0 saturated carbocycles. The normalized spacial score (nSPS) is 11.2. The summed E-state index contributed by atoms with van der Waals surface area (Å²) in [6.07, 6.45) is 5.14. The van der Waals surface area contributed by atoms with Crippen LogP contribution in [0.15, 0.2) is 54.9 Å². The standard InChI is InChI=1S/C24H27N5O/c1-17-8-10-20(11-9-17)16-25-21(30)7-6-14-29-23-22(18(2)15-19(3)26-23)24(27-29)28-12-4-5-13-28/h4-5,8-13,15H,6-7,14,16H2,1-3H3,(H,25,30). The first-order valence-corrected chi connectivity index (χ1v) is 10.3. The summed E-state index contributed by atoms with van der Waals surface area (Å²) in [4.78, 5) is 17.0. The molecule has 1 aromatic carbocycles. The Labute approximate surface area is 176 Å². The van der Waals surface area contributed by atoms with Crippen LogP contribution in [0, 0.1) is 20.8 Å². The third-order valence-corrected chi connectivity index (χ3v) is 5.24. The molecule has 0 saturated heterocycles. The van der Waals surface area contributed by atoms with E-state index in [9.17, 15) is 4.79 Å². The van der Waals surface area contributed by atoms with Crippen molar-refractivity contribution in [1.82, 2.24) is 24.6 Å². The lowest BCUT2D eigenvalue weighted by molar-refractivity contribution is -0.121. The molecule has 3 heterocycles. The van der Waals surface area contributed by atoms with Crippen molar-refractivity contribution in [3.63, 3.8) is 0 Å². The summed E-state index contributed by atoms with van der Waals surface area (Å²) in [5, 5.41) is 8.87. The van der Waals surface area contributed by atoms with Crippen LogP contribution in [0.25, 0.3) is 16.9 Å². The Hall–Kier alpha value is -3.41. The van der Waals surface area contributed by atoms with Crippen molar-refractivity contribution >= 4 is 16.9 Å². The van der Waals surface area contributed by atoms with Crippen LogP contribution in [0.3, 0.4) is 0 Å². The SMILES string of the molecule is Cc1ccc(CNC(=O)CCCn2nc(-n3cccc3)c3c(C)cc(C)nc32)cc1. The van der Waals surface area contributed by atoms with Crippen LogP contribution in [0.5, 0.6) is 0 Å². The Balaban J connectivity index is 1.44.